The Morgan fingerprint density at radius 2 is 1.83 bits per heavy atom. The highest BCUT2D eigenvalue weighted by Gasteiger charge is 2.42. The molecule has 4 heteroatoms. The zero-order valence-corrected chi connectivity index (χ0v) is 12.2. The third-order valence-corrected chi connectivity index (χ3v) is 3.67. The Bertz CT molecular complexity index is 454. The molecule has 0 saturated heterocycles. The number of aliphatic hydroxyl groups is 1. The fourth-order valence-corrected chi connectivity index (χ4v) is 3.38. The summed E-state index contributed by atoms with van der Waals surface area (Å²) in [6, 6.07) is 9.92. The maximum absolute atomic E-state index is 10.8. The topological polar surface area (TPSA) is 35.8 Å². The van der Waals surface area contributed by atoms with Crippen LogP contribution in [0.25, 0.3) is 0 Å². The summed E-state index contributed by atoms with van der Waals surface area (Å²) in [6.07, 6.45) is 2.60. The summed E-state index contributed by atoms with van der Waals surface area (Å²) < 4.78 is 0. The Balaban J connectivity index is 2.50. The van der Waals surface area contributed by atoms with Gasteiger partial charge in [-0.05, 0) is 39.2 Å². The van der Waals surface area contributed by atoms with Gasteiger partial charge in [-0.3, -0.25) is 9.89 Å². The van der Waals surface area contributed by atoms with Crippen molar-refractivity contribution < 1.29 is 5.11 Å². The van der Waals surface area contributed by atoms with Crippen LogP contribution >= 0.6 is 11.8 Å². The van der Waals surface area contributed by atoms with Crippen molar-refractivity contribution in [3.8, 4) is 0 Å². The number of aliphatic imine (C=N–C) groups is 1. The summed E-state index contributed by atoms with van der Waals surface area (Å²) in [7, 11) is 0. The smallest absolute Gasteiger partial charge is 0.166 e. The Labute approximate surface area is 113 Å². The maximum Gasteiger partial charge on any atom is 0.166 e. The average Bonchev–Trinajstić information content (AvgIpc) is 2.26. The quantitative estimate of drug-likeness (QED) is 0.846. The summed E-state index contributed by atoms with van der Waals surface area (Å²) >= 11 is 1.57. The molecule has 3 nitrogen and oxygen atoms in total. The van der Waals surface area contributed by atoms with Gasteiger partial charge in [0.05, 0.1) is 5.54 Å². The highest BCUT2D eigenvalue weighted by atomic mass is 32.2. The summed E-state index contributed by atoms with van der Waals surface area (Å²) in [4.78, 5) is 6.65. The minimum Gasteiger partial charge on any atom is -0.371 e. The second-order valence-electron chi connectivity index (χ2n) is 5.48. The minimum atomic E-state index is -0.912. The molecular formula is C14H20N2OS. The predicted octanol–water partition coefficient (Wildman–Crippen LogP) is 3.10. The van der Waals surface area contributed by atoms with Crippen molar-refractivity contribution in [3.63, 3.8) is 0 Å². The molecule has 0 spiro atoms. The van der Waals surface area contributed by atoms with E-state index in [1.54, 1.807) is 11.8 Å². The van der Waals surface area contributed by atoms with E-state index in [4.69, 9.17) is 4.99 Å². The van der Waals surface area contributed by atoms with E-state index in [1.165, 1.54) is 0 Å². The standard InChI is InChI=1S/C14H20N2OS/c1-13(2)10-14(3,17)16(12(15-13)18-4)11-8-6-5-7-9-11/h5-9,17H,10H2,1-4H3. The van der Waals surface area contributed by atoms with E-state index < -0.39 is 5.72 Å². The van der Waals surface area contributed by atoms with Gasteiger partial charge in [0.2, 0.25) is 0 Å². The number of anilines is 1. The fraction of sp³-hybridized carbons (Fsp3) is 0.500. The molecule has 0 amide bonds. The number of thioether (sulfide) groups is 1. The predicted molar refractivity (Wildman–Crippen MR) is 79.2 cm³/mol. The molecule has 1 aliphatic heterocycles. The van der Waals surface area contributed by atoms with E-state index in [9.17, 15) is 5.11 Å². The van der Waals surface area contributed by atoms with Crippen LogP contribution in [0, 0.1) is 0 Å². The molecule has 0 bridgehead atoms. The van der Waals surface area contributed by atoms with Crippen LogP contribution in [0.3, 0.4) is 0 Å². The second-order valence-corrected chi connectivity index (χ2v) is 6.25. The molecule has 0 radical (unpaired) electrons. The SMILES string of the molecule is CSC1=NC(C)(C)CC(C)(O)N1c1ccccc1. The monoisotopic (exact) mass is 264 g/mol. The first-order valence-electron chi connectivity index (χ1n) is 6.07. The molecule has 98 valence electrons. The van der Waals surface area contributed by atoms with Crippen LogP contribution in [0.4, 0.5) is 5.69 Å². The van der Waals surface area contributed by atoms with Gasteiger partial charge in [0.25, 0.3) is 0 Å². The molecule has 1 aromatic carbocycles. The van der Waals surface area contributed by atoms with Crippen molar-refractivity contribution in [2.24, 2.45) is 4.99 Å². The molecule has 0 fully saturated rings. The first-order valence-corrected chi connectivity index (χ1v) is 7.30. The largest absolute Gasteiger partial charge is 0.371 e. The Morgan fingerprint density at radius 1 is 1.22 bits per heavy atom. The number of para-hydroxylation sites is 1. The zero-order chi connectivity index (χ0) is 13.4. The molecule has 0 aliphatic carbocycles. The number of rotatable bonds is 1. The summed E-state index contributed by atoms with van der Waals surface area (Å²) in [5.41, 5.74) is -0.163. The van der Waals surface area contributed by atoms with E-state index in [2.05, 4.69) is 13.8 Å². The van der Waals surface area contributed by atoms with Gasteiger partial charge in [-0.1, -0.05) is 30.0 Å². The molecule has 1 unspecified atom stereocenters. The maximum atomic E-state index is 10.8. The molecule has 1 aliphatic rings. The van der Waals surface area contributed by atoms with Gasteiger partial charge in [0.15, 0.2) is 5.17 Å². The molecule has 1 atom stereocenters. The first kappa shape index (κ1) is 13.4. The van der Waals surface area contributed by atoms with Gasteiger partial charge < -0.3 is 5.11 Å². The summed E-state index contributed by atoms with van der Waals surface area (Å²) in [5, 5.41) is 11.6. The zero-order valence-electron chi connectivity index (χ0n) is 11.3. The lowest BCUT2D eigenvalue weighted by Crippen LogP contribution is -2.56. The van der Waals surface area contributed by atoms with Gasteiger partial charge in [-0.25, -0.2) is 0 Å². The number of nitrogens with zero attached hydrogens (tertiary/aromatic N) is 2. The second kappa shape index (κ2) is 4.59. The van der Waals surface area contributed by atoms with Gasteiger partial charge in [0.1, 0.15) is 5.72 Å². The van der Waals surface area contributed by atoms with Crippen LogP contribution in [0.5, 0.6) is 0 Å². The number of hydrogen-bond acceptors (Lipinski definition) is 4. The van der Waals surface area contributed by atoms with Gasteiger partial charge in [-0.15, -0.1) is 0 Å². The van der Waals surface area contributed by atoms with E-state index in [0.717, 1.165) is 10.9 Å². The van der Waals surface area contributed by atoms with Gasteiger partial charge in [0, 0.05) is 12.1 Å². The van der Waals surface area contributed by atoms with E-state index in [1.807, 2.05) is 48.4 Å². The van der Waals surface area contributed by atoms with Crippen LogP contribution in [0.2, 0.25) is 0 Å². The number of hydrogen-bond donors (Lipinski definition) is 1. The average molecular weight is 264 g/mol. The summed E-state index contributed by atoms with van der Waals surface area (Å²) in [5.74, 6) is 0. The highest BCUT2D eigenvalue weighted by Crippen LogP contribution is 2.37. The highest BCUT2D eigenvalue weighted by molar-refractivity contribution is 8.13. The third kappa shape index (κ3) is 2.54. The lowest BCUT2D eigenvalue weighted by molar-refractivity contribution is 0.0369. The summed E-state index contributed by atoms with van der Waals surface area (Å²) in [6.45, 7) is 5.96. The first-order chi connectivity index (χ1) is 8.36. The molecule has 18 heavy (non-hydrogen) atoms. The molecule has 2 rings (SSSR count). The molecule has 1 heterocycles. The fourth-order valence-electron chi connectivity index (χ4n) is 2.56. The van der Waals surface area contributed by atoms with Crippen molar-refractivity contribution in [3.05, 3.63) is 30.3 Å². The van der Waals surface area contributed by atoms with E-state index >= 15 is 0 Å². The molecule has 0 aromatic heterocycles. The van der Waals surface area contributed by atoms with Crippen molar-refractivity contribution in [2.75, 3.05) is 11.2 Å². The van der Waals surface area contributed by atoms with Gasteiger partial charge in [-0.2, -0.15) is 0 Å². The van der Waals surface area contributed by atoms with E-state index in [-0.39, 0.29) is 5.54 Å². The van der Waals surface area contributed by atoms with E-state index in [0.29, 0.717) is 6.42 Å². The lowest BCUT2D eigenvalue weighted by Gasteiger charge is -2.46. The Hall–Kier alpha value is -1.00. The van der Waals surface area contributed by atoms with Gasteiger partial charge >= 0.3 is 0 Å². The molecular weight excluding hydrogens is 244 g/mol. The molecule has 0 saturated carbocycles. The van der Waals surface area contributed by atoms with Crippen LogP contribution in [-0.4, -0.2) is 27.8 Å². The minimum absolute atomic E-state index is 0.229. The van der Waals surface area contributed by atoms with Crippen molar-refractivity contribution in [2.45, 2.75) is 38.5 Å². The molecule has 1 N–H and O–H groups in total. The van der Waals surface area contributed by atoms with Crippen molar-refractivity contribution in [1.29, 1.82) is 0 Å². The normalized spacial score (nSPS) is 26.9. The third-order valence-electron chi connectivity index (χ3n) is 3.04. The Morgan fingerprint density at radius 3 is 2.39 bits per heavy atom. The van der Waals surface area contributed by atoms with Crippen LogP contribution in [0.15, 0.2) is 35.3 Å². The van der Waals surface area contributed by atoms with Crippen molar-refractivity contribution >= 4 is 22.6 Å². The Kier molecular flexibility index (Phi) is 3.43. The van der Waals surface area contributed by atoms with Crippen molar-refractivity contribution in [1.82, 2.24) is 0 Å². The number of amidine groups is 1. The van der Waals surface area contributed by atoms with Crippen LogP contribution in [-0.2, 0) is 0 Å². The van der Waals surface area contributed by atoms with Crippen LogP contribution in [0.1, 0.15) is 27.2 Å². The number of benzene rings is 1. The van der Waals surface area contributed by atoms with Crippen LogP contribution < -0.4 is 4.90 Å². The lowest BCUT2D eigenvalue weighted by atomic mass is 9.91. The molecule has 1 aromatic rings.